The van der Waals surface area contributed by atoms with Crippen LogP contribution in [-0.2, 0) is 17.8 Å². The van der Waals surface area contributed by atoms with Gasteiger partial charge in [-0.2, -0.15) is 0 Å². The maximum atomic E-state index is 6.08. The minimum absolute atomic E-state index is 0.117. The van der Waals surface area contributed by atoms with Crippen LogP contribution in [0.1, 0.15) is 24.5 Å². The number of benzene rings is 2. The van der Waals surface area contributed by atoms with Crippen molar-refractivity contribution < 1.29 is 9.47 Å². The second-order valence-corrected chi connectivity index (χ2v) is 7.91. The normalized spacial score (nSPS) is 17.0. The molecule has 0 aliphatic carbocycles. The molecule has 0 spiro atoms. The van der Waals surface area contributed by atoms with Crippen molar-refractivity contribution in [2.45, 2.75) is 26.1 Å². The summed E-state index contributed by atoms with van der Waals surface area (Å²) >= 11 is 0. The Bertz CT molecular complexity index is 1200. The van der Waals surface area contributed by atoms with Crippen LogP contribution in [0.25, 0.3) is 22.3 Å². The van der Waals surface area contributed by atoms with Gasteiger partial charge in [-0.3, -0.25) is 9.88 Å². The number of hydrogen-bond donors (Lipinski definition) is 0. The van der Waals surface area contributed by atoms with Crippen molar-refractivity contribution in [1.82, 2.24) is 24.4 Å². The number of aryl methyl sites for hydroxylation is 1. The Balaban J connectivity index is 1.34. The number of morpholine rings is 1. The van der Waals surface area contributed by atoms with E-state index in [2.05, 4.69) is 39.6 Å². The number of para-hydroxylation sites is 2. The predicted octanol–water partition coefficient (Wildman–Crippen LogP) is 4.10. The zero-order valence-corrected chi connectivity index (χ0v) is 18.4. The quantitative estimate of drug-likeness (QED) is 0.460. The standard InChI is InChI=1S/C25H27N5O2/c1-3-30-23-7-5-4-6-20(23)28-25(30)17-29-12-13-32-24(16-29)22-15-26-14-21(27-22)18-8-10-19(31-2)11-9-18/h4-11,14-15,24H,3,12-13,16-17H2,1-2H3/t24-/m0/s1. The zero-order valence-electron chi connectivity index (χ0n) is 18.4. The summed E-state index contributed by atoms with van der Waals surface area (Å²) in [6, 6.07) is 16.2. The molecule has 0 amide bonds. The number of aromatic nitrogens is 4. The molecule has 164 valence electrons. The van der Waals surface area contributed by atoms with Gasteiger partial charge in [-0.15, -0.1) is 0 Å². The maximum Gasteiger partial charge on any atom is 0.124 e. The fraction of sp³-hybridized carbons (Fsp3) is 0.320. The molecule has 0 N–H and O–H groups in total. The van der Waals surface area contributed by atoms with Crippen molar-refractivity contribution in [1.29, 1.82) is 0 Å². The van der Waals surface area contributed by atoms with Crippen molar-refractivity contribution in [2.75, 3.05) is 26.8 Å². The van der Waals surface area contributed by atoms with Gasteiger partial charge in [0.25, 0.3) is 0 Å². The lowest BCUT2D eigenvalue weighted by atomic mass is 10.1. The van der Waals surface area contributed by atoms with Crippen LogP contribution < -0.4 is 4.74 Å². The van der Waals surface area contributed by atoms with E-state index in [1.165, 1.54) is 5.52 Å². The third kappa shape index (κ3) is 4.09. The van der Waals surface area contributed by atoms with Crippen LogP contribution in [0.5, 0.6) is 5.75 Å². The molecule has 1 aliphatic heterocycles. The highest BCUT2D eigenvalue weighted by molar-refractivity contribution is 5.75. The first-order valence-corrected chi connectivity index (χ1v) is 11.0. The lowest BCUT2D eigenvalue weighted by Crippen LogP contribution is -2.38. The van der Waals surface area contributed by atoms with E-state index in [1.807, 2.05) is 36.5 Å². The minimum Gasteiger partial charge on any atom is -0.497 e. The first-order chi connectivity index (χ1) is 15.7. The number of nitrogens with zero attached hydrogens (tertiary/aromatic N) is 5. The lowest BCUT2D eigenvalue weighted by molar-refractivity contribution is -0.0360. The maximum absolute atomic E-state index is 6.08. The van der Waals surface area contributed by atoms with Gasteiger partial charge in [0.1, 0.15) is 17.7 Å². The average molecular weight is 430 g/mol. The Morgan fingerprint density at radius 2 is 1.91 bits per heavy atom. The molecule has 1 aliphatic rings. The molecule has 32 heavy (non-hydrogen) atoms. The fourth-order valence-electron chi connectivity index (χ4n) is 4.26. The molecule has 0 saturated carbocycles. The van der Waals surface area contributed by atoms with Crippen molar-refractivity contribution in [3.8, 4) is 17.0 Å². The average Bonchev–Trinajstić information content (AvgIpc) is 3.21. The van der Waals surface area contributed by atoms with Gasteiger partial charge in [0.05, 0.1) is 55.1 Å². The van der Waals surface area contributed by atoms with E-state index in [0.29, 0.717) is 6.61 Å². The SMILES string of the molecule is CCn1c(CN2CCO[C@H](c3cncc(-c4ccc(OC)cc4)n3)C2)nc2ccccc21. The van der Waals surface area contributed by atoms with E-state index >= 15 is 0 Å². The first kappa shape index (κ1) is 20.6. The summed E-state index contributed by atoms with van der Waals surface area (Å²) < 4.78 is 13.6. The third-order valence-electron chi connectivity index (χ3n) is 5.93. The smallest absolute Gasteiger partial charge is 0.124 e. The first-order valence-electron chi connectivity index (χ1n) is 11.0. The number of imidazole rings is 1. The van der Waals surface area contributed by atoms with Crippen LogP contribution in [0, 0.1) is 0 Å². The summed E-state index contributed by atoms with van der Waals surface area (Å²) in [7, 11) is 1.66. The van der Waals surface area contributed by atoms with E-state index in [1.54, 1.807) is 13.3 Å². The molecule has 2 aromatic carbocycles. The molecule has 0 radical (unpaired) electrons. The van der Waals surface area contributed by atoms with Crippen LogP contribution in [-0.4, -0.2) is 51.2 Å². The summed E-state index contributed by atoms with van der Waals surface area (Å²) in [5, 5.41) is 0. The highest BCUT2D eigenvalue weighted by Crippen LogP contribution is 2.26. The van der Waals surface area contributed by atoms with Crippen LogP contribution in [0.3, 0.4) is 0 Å². The number of rotatable bonds is 6. The Labute approximate surface area is 187 Å². The molecular weight excluding hydrogens is 402 g/mol. The molecule has 1 saturated heterocycles. The molecule has 2 aromatic heterocycles. The van der Waals surface area contributed by atoms with Gasteiger partial charge in [0.2, 0.25) is 0 Å². The Morgan fingerprint density at radius 1 is 1.06 bits per heavy atom. The van der Waals surface area contributed by atoms with Crippen molar-refractivity contribution in [3.05, 3.63) is 72.4 Å². The third-order valence-corrected chi connectivity index (χ3v) is 5.93. The van der Waals surface area contributed by atoms with Gasteiger partial charge in [0.15, 0.2) is 0 Å². The summed E-state index contributed by atoms with van der Waals surface area (Å²) in [6.45, 7) is 6.14. The molecule has 0 bridgehead atoms. The van der Waals surface area contributed by atoms with Gasteiger partial charge in [0, 0.05) is 25.2 Å². The zero-order chi connectivity index (χ0) is 21.9. The molecule has 3 heterocycles. The van der Waals surface area contributed by atoms with Crippen molar-refractivity contribution in [2.24, 2.45) is 0 Å². The largest absolute Gasteiger partial charge is 0.497 e. The minimum atomic E-state index is -0.117. The van der Waals surface area contributed by atoms with Gasteiger partial charge >= 0.3 is 0 Å². The molecule has 5 rings (SSSR count). The summed E-state index contributed by atoms with van der Waals surface area (Å²) in [5.74, 6) is 1.91. The van der Waals surface area contributed by atoms with Gasteiger partial charge in [-0.1, -0.05) is 12.1 Å². The molecule has 4 aromatic rings. The van der Waals surface area contributed by atoms with E-state index < -0.39 is 0 Å². The lowest BCUT2D eigenvalue weighted by Gasteiger charge is -2.32. The van der Waals surface area contributed by atoms with E-state index in [9.17, 15) is 0 Å². The van der Waals surface area contributed by atoms with Crippen LogP contribution >= 0.6 is 0 Å². The van der Waals surface area contributed by atoms with Gasteiger partial charge in [-0.05, 0) is 43.3 Å². The highest BCUT2D eigenvalue weighted by atomic mass is 16.5. The Kier molecular flexibility index (Phi) is 5.83. The van der Waals surface area contributed by atoms with Crippen molar-refractivity contribution in [3.63, 3.8) is 0 Å². The molecule has 7 nitrogen and oxygen atoms in total. The van der Waals surface area contributed by atoms with Gasteiger partial charge < -0.3 is 14.0 Å². The summed E-state index contributed by atoms with van der Waals surface area (Å²) in [5.41, 5.74) is 4.93. The van der Waals surface area contributed by atoms with E-state index in [-0.39, 0.29) is 6.10 Å². The predicted molar refractivity (Wildman–Crippen MR) is 123 cm³/mol. The van der Waals surface area contributed by atoms with Crippen molar-refractivity contribution >= 4 is 11.0 Å². The van der Waals surface area contributed by atoms with Gasteiger partial charge in [-0.25, -0.2) is 9.97 Å². The number of ether oxygens (including phenoxy) is 2. The topological polar surface area (TPSA) is 65.3 Å². The van der Waals surface area contributed by atoms with E-state index in [0.717, 1.165) is 60.2 Å². The molecular formula is C25H27N5O2. The molecule has 1 atom stereocenters. The van der Waals surface area contributed by atoms with Crippen LogP contribution in [0.15, 0.2) is 60.9 Å². The van der Waals surface area contributed by atoms with E-state index in [4.69, 9.17) is 19.4 Å². The second kappa shape index (κ2) is 9.06. The number of fused-ring (bicyclic) bond motifs is 1. The summed E-state index contributed by atoms with van der Waals surface area (Å²) in [4.78, 5) is 16.6. The van der Waals surface area contributed by atoms with Crippen LogP contribution in [0.2, 0.25) is 0 Å². The Morgan fingerprint density at radius 3 is 2.72 bits per heavy atom. The highest BCUT2D eigenvalue weighted by Gasteiger charge is 2.25. The molecule has 7 heteroatoms. The Hall–Kier alpha value is -3.29. The monoisotopic (exact) mass is 429 g/mol. The molecule has 1 fully saturated rings. The molecule has 0 unspecified atom stereocenters. The number of methoxy groups -OCH3 is 1. The fourth-order valence-corrected chi connectivity index (χ4v) is 4.26. The second-order valence-electron chi connectivity index (χ2n) is 7.91. The summed E-state index contributed by atoms with van der Waals surface area (Å²) in [6.07, 6.45) is 3.48. The van der Waals surface area contributed by atoms with Crippen LogP contribution in [0.4, 0.5) is 0 Å². The number of hydrogen-bond acceptors (Lipinski definition) is 6.